The zero-order valence-electron chi connectivity index (χ0n) is 20.3. The third kappa shape index (κ3) is 5.58. The fourth-order valence-corrected chi connectivity index (χ4v) is 4.32. The Morgan fingerprint density at radius 2 is 1.84 bits per heavy atom. The van der Waals surface area contributed by atoms with E-state index < -0.39 is 5.97 Å². The molecule has 3 heterocycles. The van der Waals surface area contributed by atoms with Gasteiger partial charge in [0.2, 0.25) is 0 Å². The summed E-state index contributed by atoms with van der Waals surface area (Å²) in [5.74, 6) is 1.03. The van der Waals surface area contributed by atoms with Crippen molar-refractivity contribution >= 4 is 61.9 Å². The predicted molar refractivity (Wildman–Crippen MR) is 144 cm³/mol. The Bertz CT molecular complexity index is 1550. The van der Waals surface area contributed by atoms with Crippen LogP contribution in [0.5, 0.6) is 0 Å². The molecule has 0 saturated carbocycles. The number of benzene rings is 2. The van der Waals surface area contributed by atoms with Crippen LogP contribution in [0.2, 0.25) is 5.02 Å². The van der Waals surface area contributed by atoms with E-state index in [1.807, 2.05) is 30.5 Å². The summed E-state index contributed by atoms with van der Waals surface area (Å²) in [5, 5.41) is 15.1. The molecule has 0 saturated heterocycles. The highest BCUT2D eigenvalue weighted by molar-refractivity contribution is 6.31. The first kappa shape index (κ1) is 24.7. The molecule has 0 spiro atoms. The van der Waals surface area contributed by atoms with Crippen LogP contribution in [-0.4, -0.2) is 54.5 Å². The lowest BCUT2D eigenvalue weighted by Crippen LogP contribution is -2.12. The molecule has 2 N–H and O–H groups in total. The van der Waals surface area contributed by atoms with Gasteiger partial charge in [-0.05, 0) is 49.2 Å². The number of nitrogens with one attached hydrogen (secondary N) is 2. The maximum Gasteiger partial charge on any atom is 0.337 e. The number of pyridine rings is 2. The lowest BCUT2D eigenvalue weighted by molar-refractivity contribution is 0.0601. The van der Waals surface area contributed by atoms with E-state index in [9.17, 15) is 4.79 Å². The molecule has 2 aromatic carbocycles. The molecule has 0 aliphatic carbocycles. The van der Waals surface area contributed by atoms with Crippen molar-refractivity contribution in [2.45, 2.75) is 12.8 Å². The monoisotopic (exact) mass is 519 g/mol. The lowest BCUT2D eigenvalue weighted by Gasteiger charge is -2.12. The van der Waals surface area contributed by atoms with Gasteiger partial charge in [0.15, 0.2) is 11.4 Å². The quantitative estimate of drug-likeness (QED) is 0.129. The SMILES string of the molecule is COC(=O)c1ccc2c(c1)nc(NCCOCCCCNc1noc3ccc(Cl)cc13)c1ccncc12. The van der Waals surface area contributed by atoms with Crippen LogP contribution in [0.15, 0.2) is 59.4 Å². The van der Waals surface area contributed by atoms with Gasteiger partial charge in [-0.25, -0.2) is 9.78 Å². The number of carbonyl (C=O) groups is 1. The van der Waals surface area contributed by atoms with E-state index in [0.717, 1.165) is 46.7 Å². The molecule has 0 bridgehead atoms. The summed E-state index contributed by atoms with van der Waals surface area (Å²) in [7, 11) is 1.36. The van der Waals surface area contributed by atoms with Gasteiger partial charge in [0.05, 0.1) is 30.2 Å². The van der Waals surface area contributed by atoms with E-state index in [4.69, 9.17) is 30.6 Å². The van der Waals surface area contributed by atoms with Crippen LogP contribution in [0.25, 0.3) is 32.6 Å². The number of methoxy groups -OCH3 is 1. The molecule has 0 radical (unpaired) electrons. The average molecular weight is 520 g/mol. The van der Waals surface area contributed by atoms with Crippen LogP contribution >= 0.6 is 11.6 Å². The van der Waals surface area contributed by atoms with Crippen LogP contribution in [0.3, 0.4) is 0 Å². The predicted octanol–water partition coefficient (Wildman–Crippen LogP) is 5.69. The summed E-state index contributed by atoms with van der Waals surface area (Å²) in [4.78, 5) is 21.0. The largest absolute Gasteiger partial charge is 0.465 e. The highest BCUT2D eigenvalue weighted by Crippen LogP contribution is 2.29. The number of anilines is 2. The van der Waals surface area contributed by atoms with Gasteiger partial charge in [0.1, 0.15) is 5.82 Å². The number of hydrogen-bond donors (Lipinski definition) is 2. The number of carbonyl (C=O) groups excluding carboxylic acids is 1. The van der Waals surface area contributed by atoms with E-state index in [2.05, 4.69) is 20.8 Å². The van der Waals surface area contributed by atoms with Gasteiger partial charge in [-0.2, -0.15) is 0 Å². The van der Waals surface area contributed by atoms with E-state index in [1.165, 1.54) is 7.11 Å². The van der Waals surface area contributed by atoms with Gasteiger partial charge in [0, 0.05) is 53.3 Å². The van der Waals surface area contributed by atoms with Crippen LogP contribution in [-0.2, 0) is 9.47 Å². The maximum absolute atomic E-state index is 12.0. The zero-order chi connectivity index (χ0) is 25.6. The Hall–Kier alpha value is -3.95. The van der Waals surface area contributed by atoms with Gasteiger partial charge in [-0.3, -0.25) is 4.98 Å². The number of hydrogen-bond acceptors (Lipinski definition) is 9. The second-order valence-corrected chi connectivity index (χ2v) is 8.89. The molecule has 0 atom stereocenters. The summed E-state index contributed by atoms with van der Waals surface area (Å²) in [6.07, 6.45) is 5.38. The minimum Gasteiger partial charge on any atom is -0.465 e. The zero-order valence-corrected chi connectivity index (χ0v) is 21.0. The second kappa shape index (κ2) is 11.4. The first-order valence-electron chi connectivity index (χ1n) is 12.0. The normalized spacial score (nSPS) is 11.3. The van der Waals surface area contributed by atoms with Crippen LogP contribution < -0.4 is 10.6 Å². The molecule has 0 aliphatic heterocycles. The molecule has 0 aliphatic rings. The molecule has 9 nitrogen and oxygen atoms in total. The summed E-state index contributed by atoms with van der Waals surface area (Å²) < 4.78 is 15.9. The number of rotatable bonds is 11. The Balaban J connectivity index is 1.10. The van der Waals surface area contributed by atoms with Crippen molar-refractivity contribution in [1.29, 1.82) is 0 Å². The Labute approximate surface area is 218 Å². The molecule has 5 aromatic rings. The second-order valence-electron chi connectivity index (χ2n) is 8.45. The number of halogens is 1. The molecule has 3 aromatic heterocycles. The molecule has 0 fully saturated rings. The van der Waals surface area contributed by atoms with E-state index >= 15 is 0 Å². The summed E-state index contributed by atoms with van der Waals surface area (Å²) in [6, 6.07) is 12.7. The van der Waals surface area contributed by atoms with E-state index in [1.54, 1.807) is 24.4 Å². The molecule has 0 unspecified atom stereocenters. The number of unbranched alkanes of at least 4 members (excludes halogenated alkanes) is 1. The topological polar surface area (TPSA) is 111 Å². The van der Waals surface area contributed by atoms with E-state index in [0.29, 0.717) is 47.3 Å². The van der Waals surface area contributed by atoms with Gasteiger partial charge in [0.25, 0.3) is 0 Å². The molecule has 5 rings (SSSR count). The third-order valence-corrected chi connectivity index (χ3v) is 6.23. The van der Waals surface area contributed by atoms with Crippen molar-refractivity contribution in [2.75, 3.05) is 44.0 Å². The first-order chi connectivity index (χ1) is 18.1. The van der Waals surface area contributed by atoms with Crippen molar-refractivity contribution in [3.05, 3.63) is 65.4 Å². The summed E-state index contributed by atoms with van der Waals surface area (Å²) in [5.41, 5.74) is 1.85. The van der Waals surface area contributed by atoms with Gasteiger partial charge >= 0.3 is 5.97 Å². The van der Waals surface area contributed by atoms with Gasteiger partial charge in [-0.1, -0.05) is 22.8 Å². The summed E-state index contributed by atoms with van der Waals surface area (Å²) in [6.45, 7) is 2.53. The van der Waals surface area contributed by atoms with Crippen molar-refractivity contribution in [3.63, 3.8) is 0 Å². The maximum atomic E-state index is 12.0. The molecular weight excluding hydrogens is 494 g/mol. The summed E-state index contributed by atoms with van der Waals surface area (Å²) >= 11 is 6.07. The van der Waals surface area contributed by atoms with Crippen molar-refractivity contribution in [2.24, 2.45) is 0 Å². The number of esters is 1. The third-order valence-electron chi connectivity index (χ3n) is 6.00. The molecule has 0 amide bonds. The Kier molecular flexibility index (Phi) is 7.62. The smallest absolute Gasteiger partial charge is 0.337 e. The van der Waals surface area contributed by atoms with E-state index in [-0.39, 0.29) is 0 Å². The van der Waals surface area contributed by atoms with Gasteiger partial charge < -0.3 is 24.6 Å². The lowest BCUT2D eigenvalue weighted by atomic mass is 10.1. The first-order valence-corrected chi connectivity index (χ1v) is 12.4. The molecular formula is C27H26ClN5O4. The van der Waals surface area contributed by atoms with Crippen molar-refractivity contribution in [3.8, 4) is 0 Å². The highest BCUT2D eigenvalue weighted by Gasteiger charge is 2.12. The van der Waals surface area contributed by atoms with Crippen molar-refractivity contribution in [1.82, 2.24) is 15.1 Å². The minimum atomic E-state index is -0.396. The fraction of sp³-hybridized carbons (Fsp3) is 0.259. The van der Waals surface area contributed by atoms with Crippen LogP contribution in [0.4, 0.5) is 11.6 Å². The standard InChI is InChI=1S/C27H26ClN5O4/c1-35-27(34)17-4-6-19-22-16-29-10-8-20(22)25(32-23(19)14-17)31-11-13-36-12-3-2-9-30-26-21-15-18(28)5-7-24(21)37-33-26/h4-8,10,14-16H,2-3,9,11-13H2,1H3,(H,30,33)(H,31,32). The Morgan fingerprint density at radius 1 is 0.946 bits per heavy atom. The molecule has 10 heteroatoms. The highest BCUT2D eigenvalue weighted by atomic mass is 35.5. The number of nitrogens with zero attached hydrogens (tertiary/aromatic N) is 3. The average Bonchev–Trinajstić information content (AvgIpc) is 3.33. The number of ether oxygens (including phenoxy) is 2. The molecule has 37 heavy (non-hydrogen) atoms. The number of aromatic nitrogens is 3. The van der Waals surface area contributed by atoms with Crippen LogP contribution in [0, 0.1) is 0 Å². The minimum absolute atomic E-state index is 0.396. The Morgan fingerprint density at radius 3 is 2.73 bits per heavy atom. The molecule has 190 valence electrons. The number of fused-ring (bicyclic) bond motifs is 4. The fourth-order valence-electron chi connectivity index (χ4n) is 4.15. The van der Waals surface area contributed by atoms with Crippen LogP contribution in [0.1, 0.15) is 23.2 Å². The van der Waals surface area contributed by atoms with Gasteiger partial charge in [-0.15, -0.1) is 0 Å². The van der Waals surface area contributed by atoms with Crippen molar-refractivity contribution < 1.29 is 18.8 Å².